The first-order valence-corrected chi connectivity index (χ1v) is 13.8. The van der Waals surface area contributed by atoms with Crippen LogP contribution in [0, 0.1) is 5.41 Å². The lowest BCUT2D eigenvalue weighted by Gasteiger charge is -2.40. The standard InChI is InChI=1S/C32H39N3O3/c1-4-25-20-28(14-15-29(25)26-8-6-5-7-9-26)31-33-30(34-38-31)27-12-10-24(11-13-27)21-35-18-16-32(17-19-35,22-37-3)23(2)36/h4,10-15,20,26,36H,1-2,5-9,16-19,21-22H2,3H3. The predicted octanol–water partition coefficient (Wildman–Crippen LogP) is 7.39. The topological polar surface area (TPSA) is 71.6 Å². The molecule has 6 nitrogen and oxygen atoms in total. The largest absolute Gasteiger partial charge is 0.512 e. The van der Waals surface area contributed by atoms with Crippen molar-refractivity contribution in [2.75, 3.05) is 26.8 Å². The number of nitrogens with zero attached hydrogens (tertiary/aromatic N) is 3. The minimum absolute atomic E-state index is 0.240. The molecule has 1 aliphatic carbocycles. The van der Waals surface area contributed by atoms with Gasteiger partial charge in [0.15, 0.2) is 0 Å². The number of hydrogen-bond donors (Lipinski definition) is 1. The highest BCUT2D eigenvalue weighted by Crippen LogP contribution is 2.38. The number of ether oxygens (including phenoxy) is 1. The molecule has 1 saturated heterocycles. The number of hydrogen-bond acceptors (Lipinski definition) is 6. The number of methoxy groups -OCH3 is 1. The van der Waals surface area contributed by atoms with E-state index in [0.717, 1.165) is 43.6 Å². The van der Waals surface area contributed by atoms with E-state index in [4.69, 9.17) is 14.2 Å². The first-order chi connectivity index (χ1) is 18.5. The van der Waals surface area contributed by atoms with Crippen molar-refractivity contribution in [1.82, 2.24) is 15.0 Å². The maximum Gasteiger partial charge on any atom is 0.258 e. The van der Waals surface area contributed by atoms with Gasteiger partial charge in [-0.2, -0.15) is 4.98 Å². The number of aromatic nitrogens is 2. The van der Waals surface area contributed by atoms with Gasteiger partial charge in [-0.25, -0.2) is 0 Å². The summed E-state index contributed by atoms with van der Waals surface area (Å²) in [5.41, 5.74) is 5.31. The Morgan fingerprint density at radius 3 is 2.47 bits per heavy atom. The van der Waals surface area contributed by atoms with Gasteiger partial charge in [-0.3, -0.25) is 4.90 Å². The number of piperidine rings is 1. The van der Waals surface area contributed by atoms with Crippen LogP contribution in [0.15, 0.2) is 65.9 Å². The average molecular weight is 514 g/mol. The molecule has 1 aliphatic heterocycles. The minimum atomic E-state index is -0.325. The van der Waals surface area contributed by atoms with Crippen LogP contribution < -0.4 is 0 Å². The van der Waals surface area contributed by atoms with E-state index in [1.807, 2.05) is 6.08 Å². The smallest absolute Gasteiger partial charge is 0.258 e. The third kappa shape index (κ3) is 5.62. The van der Waals surface area contributed by atoms with E-state index in [1.54, 1.807) is 7.11 Å². The van der Waals surface area contributed by atoms with Crippen LogP contribution in [0.1, 0.15) is 67.6 Å². The zero-order valence-corrected chi connectivity index (χ0v) is 22.5. The number of aliphatic hydroxyl groups is 1. The van der Waals surface area contributed by atoms with E-state index in [1.165, 1.54) is 48.8 Å². The van der Waals surface area contributed by atoms with Crippen LogP contribution >= 0.6 is 0 Å². The molecule has 0 bridgehead atoms. The van der Waals surface area contributed by atoms with Crippen molar-refractivity contribution in [3.63, 3.8) is 0 Å². The average Bonchev–Trinajstić information content (AvgIpc) is 3.45. The molecule has 6 heteroatoms. The quantitative estimate of drug-likeness (QED) is 0.301. The van der Waals surface area contributed by atoms with E-state index < -0.39 is 0 Å². The van der Waals surface area contributed by atoms with Gasteiger partial charge in [-0.05, 0) is 73.5 Å². The molecule has 1 N–H and O–H groups in total. The fourth-order valence-corrected chi connectivity index (χ4v) is 6.08. The Labute approximate surface area is 226 Å². The third-order valence-corrected chi connectivity index (χ3v) is 8.49. The summed E-state index contributed by atoms with van der Waals surface area (Å²) in [5, 5.41) is 14.4. The third-order valence-electron chi connectivity index (χ3n) is 8.49. The Balaban J connectivity index is 1.23. The highest BCUT2D eigenvalue weighted by atomic mass is 16.5. The molecular weight excluding hydrogens is 474 g/mol. The van der Waals surface area contributed by atoms with Crippen LogP contribution in [0.2, 0.25) is 0 Å². The summed E-state index contributed by atoms with van der Waals surface area (Å²) in [5.74, 6) is 1.98. The van der Waals surface area contributed by atoms with Gasteiger partial charge >= 0.3 is 0 Å². The highest BCUT2D eigenvalue weighted by Gasteiger charge is 2.37. The molecule has 2 aromatic carbocycles. The predicted molar refractivity (Wildman–Crippen MR) is 152 cm³/mol. The van der Waals surface area contributed by atoms with Crippen LogP contribution in [0.3, 0.4) is 0 Å². The van der Waals surface area contributed by atoms with Gasteiger partial charge in [0.25, 0.3) is 5.89 Å². The van der Waals surface area contributed by atoms with Gasteiger partial charge in [-0.1, -0.05) is 74.0 Å². The van der Waals surface area contributed by atoms with Crippen LogP contribution in [0.25, 0.3) is 28.9 Å². The van der Waals surface area contributed by atoms with Crippen LogP contribution in [0.5, 0.6) is 0 Å². The molecule has 0 spiro atoms. The van der Waals surface area contributed by atoms with E-state index in [-0.39, 0.29) is 11.2 Å². The van der Waals surface area contributed by atoms with Crippen molar-refractivity contribution in [1.29, 1.82) is 0 Å². The lowest BCUT2D eigenvalue weighted by atomic mass is 9.77. The molecule has 5 rings (SSSR count). The lowest BCUT2D eigenvalue weighted by molar-refractivity contribution is 0.0180. The van der Waals surface area contributed by atoms with Gasteiger partial charge in [0.2, 0.25) is 5.82 Å². The molecule has 2 fully saturated rings. The van der Waals surface area contributed by atoms with Gasteiger partial charge in [0.1, 0.15) is 0 Å². The maximum absolute atomic E-state index is 10.1. The number of rotatable bonds is 9. The summed E-state index contributed by atoms with van der Waals surface area (Å²) in [6.45, 7) is 11.0. The molecule has 1 saturated carbocycles. The zero-order valence-electron chi connectivity index (χ0n) is 22.5. The summed E-state index contributed by atoms with van der Waals surface area (Å²) in [6, 6.07) is 14.8. The van der Waals surface area contributed by atoms with Crippen molar-refractivity contribution in [2.24, 2.45) is 5.41 Å². The molecule has 0 radical (unpaired) electrons. The van der Waals surface area contributed by atoms with Crippen molar-refractivity contribution in [3.8, 4) is 22.8 Å². The summed E-state index contributed by atoms with van der Waals surface area (Å²) < 4.78 is 11.0. The summed E-state index contributed by atoms with van der Waals surface area (Å²) >= 11 is 0. The normalized spacial score (nSPS) is 18.3. The Hall–Kier alpha value is -3.22. The molecule has 0 amide bonds. The first kappa shape index (κ1) is 26.4. The van der Waals surface area contributed by atoms with Crippen molar-refractivity contribution < 1.29 is 14.4 Å². The maximum atomic E-state index is 10.1. The minimum Gasteiger partial charge on any atom is -0.512 e. The van der Waals surface area contributed by atoms with Crippen molar-refractivity contribution in [2.45, 2.75) is 57.4 Å². The van der Waals surface area contributed by atoms with Crippen LogP contribution in [0.4, 0.5) is 0 Å². The zero-order chi connectivity index (χ0) is 26.5. The highest BCUT2D eigenvalue weighted by molar-refractivity contribution is 5.65. The van der Waals surface area contributed by atoms with E-state index in [2.05, 4.69) is 65.7 Å². The fraction of sp³-hybridized carbons (Fsp3) is 0.438. The molecular formula is C32H39N3O3. The number of aliphatic hydroxyl groups excluding tert-OH is 1. The monoisotopic (exact) mass is 513 g/mol. The fourth-order valence-electron chi connectivity index (χ4n) is 6.08. The second-order valence-corrected chi connectivity index (χ2v) is 10.9. The lowest BCUT2D eigenvalue weighted by Crippen LogP contribution is -2.43. The van der Waals surface area contributed by atoms with Gasteiger partial charge < -0.3 is 14.4 Å². The SMILES string of the molecule is C=Cc1cc(-c2nc(-c3ccc(CN4CCC(COC)(C(=C)O)CC4)cc3)no2)ccc1C1CCCCC1. The molecule has 200 valence electrons. The Morgan fingerprint density at radius 2 is 1.82 bits per heavy atom. The Bertz CT molecular complexity index is 1250. The molecule has 0 unspecified atom stereocenters. The van der Waals surface area contributed by atoms with E-state index in [0.29, 0.717) is 24.2 Å². The molecule has 3 aromatic rings. The number of likely N-dealkylation sites (tertiary alicyclic amines) is 1. The van der Waals surface area contributed by atoms with Gasteiger partial charge in [-0.15, -0.1) is 0 Å². The number of benzene rings is 2. The van der Waals surface area contributed by atoms with Crippen LogP contribution in [-0.2, 0) is 11.3 Å². The Kier molecular flexibility index (Phi) is 8.10. The summed E-state index contributed by atoms with van der Waals surface area (Å²) in [4.78, 5) is 7.11. The summed E-state index contributed by atoms with van der Waals surface area (Å²) in [7, 11) is 1.68. The molecule has 2 aliphatic rings. The second-order valence-electron chi connectivity index (χ2n) is 10.9. The molecule has 2 heterocycles. The molecule has 0 atom stereocenters. The molecule has 1 aromatic heterocycles. The van der Waals surface area contributed by atoms with E-state index >= 15 is 0 Å². The Morgan fingerprint density at radius 1 is 1.11 bits per heavy atom. The van der Waals surface area contributed by atoms with Gasteiger partial charge in [0, 0.05) is 24.8 Å². The van der Waals surface area contributed by atoms with Gasteiger partial charge in [0.05, 0.1) is 17.8 Å². The van der Waals surface area contributed by atoms with Crippen molar-refractivity contribution >= 4 is 6.08 Å². The van der Waals surface area contributed by atoms with Crippen molar-refractivity contribution in [3.05, 3.63) is 78.1 Å². The second kappa shape index (κ2) is 11.7. The molecule has 38 heavy (non-hydrogen) atoms. The van der Waals surface area contributed by atoms with Crippen LogP contribution in [-0.4, -0.2) is 47.0 Å². The summed E-state index contributed by atoms with van der Waals surface area (Å²) in [6.07, 6.45) is 10.1. The van der Waals surface area contributed by atoms with E-state index in [9.17, 15) is 5.11 Å². The first-order valence-electron chi connectivity index (χ1n) is 13.8.